The Morgan fingerprint density at radius 2 is 1.93 bits per heavy atom. The minimum atomic E-state index is 0.631. The van der Waals surface area contributed by atoms with Crippen molar-refractivity contribution in [2.45, 2.75) is 44.6 Å². The summed E-state index contributed by atoms with van der Waals surface area (Å²) in [5.41, 5.74) is 0. The maximum Gasteiger partial charge on any atom is 0.0615 e. The molecule has 1 N–H and O–H groups in total. The van der Waals surface area contributed by atoms with E-state index in [4.69, 9.17) is 4.74 Å². The van der Waals surface area contributed by atoms with E-state index in [1.165, 1.54) is 45.1 Å². The number of hydrogen-bond acceptors (Lipinski definition) is 2. The van der Waals surface area contributed by atoms with E-state index in [1.807, 2.05) is 0 Å². The lowest BCUT2D eigenvalue weighted by Crippen LogP contribution is -2.26. The van der Waals surface area contributed by atoms with Crippen molar-refractivity contribution in [3.05, 3.63) is 0 Å². The van der Waals surface area contributed by atoms with Gasteiger partial charge in [-0.2, -0.15) is 0 Å². The average molecular weight is 197 g/mol. The molecule has 2 fully saturated rings. The normalized spacial score (nSPS) is 34.9. The maximum absolute atomic E-state index is 5.20. The largest absolute Gasteiger partial charge is 0.383 e. The van der Waals surface area contributed by atoms with E-state index in [2.05, 4.69) is 5.32 Å². The summed E-state index contributed by atoms with van der Waals surface area (Å²) in [6, 6.07) is 0.631. The Morgan fingerprint density at radius 1 is 1.14 bits per heavy atom. The van der Waals surface area contributed by atoms with Crippen molar-refractivity contribution < 1.29 is 4.74 Å². The zero-order valence-corrected chi connectivity index (χ0v) is 9.30. The number of hydrogen-bond donors (Lipinski definition) is 1. The van der Waals surface area contributed by atoms with Crippen LogP contribution in [0.15, 0.2) is 0 Å². The predicted octanol–water partition coefficient (Wildman–Crippen LogP) is 2.19. The molecule has 2 heteroatoms. The maximum atomic E-state index is 5.20. The van der Waals surface area contributed by atoms with Gasteiger partial charge < -0.3 is 10.1 Å². The summed E-state index contributed by atoms with van der Waals surface area (Å²) in [6.45, 7) is 2.13. The molecule has 1 aliphatic heterocycles. The van der Waals surface area contributed by atoms with Crippen molar-refractivity contribution in [3.63, 3.8) is 0 Å². The fraction of sp³-hybridized carbons (Fsp3) is 1.00. The standard InChI is InChI=1S/C12H23NO/c1-14-9-12-7-11(8-13-12)10-5-3-2-4-6-10/h10-13H,2-9H2,1H3. The Bertz CT molecular complexity index is 166. The molecule has 0 aromatic heterocycles. The van der Waals surface area contributed by atoms with Gasteiger partial charge in [0.05, 0.1) is 6.61 Å². The van der Waals surface area contributed by atoms with Crippen LogP contribution in [-0.2, 0) is 4.74 Å². The highest BCUT2D eigenvalue weighted by Crippen LogP contribution is 2.34. The minimum absolute atomic E-state index is 0.631. The molecule has 1 aliphatic carbocycles. The summed E-state index contributed by atoms with van der Waals surface area (Å²) in [5, 5.41) is 3.58. The molecule has 0 amide bonds. The van der Waals surface area contributed by atoms with Crippen LogP contribution in [0.2, 0.25) is 0 Å². The first-order valence-electron chi connectivity index (χ1n) is 6.12. The summed E-state index contributed by atoms with van der Waals surface area (Å²) in [4.78, 5) is 0. The Balaban J connectivity index is 1.76. The molecule has 0 spiro atoms. The molecule has 0 aromatic rings. The van der Waals surface area contributed by atoms with Crippen molar-refractivity contribution in [1.29, 1.82) is 0 Å². The second-order valence-electron chi connectivity index (χ2n) is 4.95. The summed E-state index contributed by atoms with van der Waals surface area (Å²) < 4.78 is 5.20. The number of rotatable bonds is 3. The highest BCUT2D eigenvalue weighted by Gasteiger charge is 2.30. The fourth-order valence-corrected chi connectivity index (χ4v) is 3.14. The highest BCUT2D eigenvalue weighted by atomic mass is 16.5. The Labute approximate surface area is 87.4 Å². The third-order valence-corrected chi connectivity index (χ3v) is 3.94. The Hall–Kier alpha value is -0.0800. The molecule has 1 saturated heterocycles. The molecular formula is C12H23NO. The molecule has 2 atom stereocenters. The zero-order chi connectivity index (χ0) is 9.80. The van der Waals surface area contributed by atoms with E-state index >= 15 is 0 Å². The van der Waals surface area contributed by atoms with Crippen molar-refractivity contribution in [3.8, 4) is 0 Å². The van der Waals surface area contributed by atoms with Gasteiger partial charge >= 0.3 is 0 Å². The van der Waals surface area contributed by atoms with Crippen molar-refractivity contribution in [1.82, 2.24) is 5.32 Å². The van der Waals surface area contributed by atoms with Gasteiger partial charge in [-0.25, -0.2) is 0 Å². The van der Waals surface area contributed by atoms with Gasteiger partial charge in [-0.15, -0.1) is 0 Å². The summed E-state index contributed by atoms with van der Waals surface area (Å²) in [7, 11) is 1.80. The van der Waals surface area contributed by atoms with Crippen LogP contribution in [0.4, 0.5) is 0 Å². The molecule has 2 unspecified atom stereocenters. The van der Waals surface area contributed by atoms with Crippen LogP contribution in [-0.4, -0.2) is 26.3 Å². The van der Waals surface area contributed by atoms with E-state index in [0.29, 0.717) is 6.04 Å². The molecule has 1 saturated carbocycles. The van der Waals surface area contributed by atoms with Crippen LogP contribution in [0.25, 0.3) is 0 Å². The molecule has 14 heavy (non-hydrogen) atoms. The summed E-state index contributed by atoms with van der Waals surface area (Å²) in [5.74, 6) is 1.95. The number of ether oxygens (including phenoxy) is 1. The van der Waals surface area contributed by atoms with E-state index in [1.54, 1.807) is 7.11 Å². The first kappa shape index (κ1) is 10.4. The zero-order valence-electron chi connectivity index (χ0n) is 9.30. The quantitative estimate of drug-likeness (QED) is 0.749. The van der Waals surface area contributed by atoms with Crippen LogP contribution in [0.3, 0.4) is 0 Å². The second kappa shape index (κ2) is 5.13. The van der Waals surface area contributed by atoms with Gasteiger partial charge in [-0.1, -0.05) is 32.1 Å². The van der Waals surface area contributed by atoms with E-state index in [9.17, 15) is 0 Å². The molecule has 0 bridgehead atoms. The highest BCUT2D eigenvalue weighted by molar-refractivity contribution is 4.86. The van der Waals surface area contributed by atoms with Crippen LogP contribution in [0.1, 0.15) is 38.5 Å². The lowest BCUT2D eigenvalue weighted by Gasteiger charge is -2.26. The SMILES string of the molecule is COCC1CC(C2CCCCC2)CN1. The van der Waals surface area contributed by atoms with Crippen LogP contribution in [0, 0.1) is 11.8 Å². The molecule has 0 radical (unpaired) electrons. The van der Waals surface area contributed by atoms with Crippen LogP contribution < -0.4 is 5.32 Å². The minimum Gasteiger partial charge on any atom is -0.383 e. The molecule has 2 aliphatic rings. The third-order valence-electron chi connectivity index (χ3n) is 3.94. The Kier molecular flexibility index (Phi) is 3.82. The van der Waals surface area contributed by atoms with Gasteiger partial charge in [0.1, 0.15) is 0 Å². The van der Waals surface area contributed by atoms with Gasteiger partial charge in [0.25, 0.3) is 0 Å². The van der Waals surface area contributed by atoms with Crippen LogP contribution >= 0.6 is 0 Å². The Morgan fingerprint density at radius 3 is 2.64 bits per heavy atom. The fourth-order valence-electron chi connectivity index (χ4n) is 3.14. The van der Waals surface area contributed by atoms with Crippen molar-refractivity contribution >= 4 is 0 Å². The van der Waals surface area contributed by atoms with E-state index in [0.717, 1.165) is 18.4 Å². The van der Waals surface area contributed by atoms with Crippen molar-refractivity contribution in [2.75, 3.05) is 20.3 Å². The number of methoxy groups -OCH3 is 1. The smallest absolute Gasteiger partial charge is 0.0615 e. The van der Waals surface area contributed by atoms with Gasteiger partial charge in [-0.05, 0) is 24.8 Å². The number of nitrogens with one attached hydrogen (secondary N) is 1. The first-order valence-corrected chi connectivity index (χ1v) is 6.12. The first-order chi connectivity index (χ1) is 6.90. The lowest BCUT2D eigenvalue weighted by atomic mass is 9.79. The van der Waals surface area contributed by atoms with Gasteiger partial charge in [0.2, 0.25) is 0 Å². The lowest BCUT2D eigenvalue weighted by molar-refractivity contribution is 0.169. The topological polar surface area (TPSA) is 21.3 Å². The summed E-state index contributed by atoms with van der Waals surface area (Å²) >= 11 is 0. The van der Waals surface area contributed by atoms with E-state index in [-0.39, 0.29) is 0 Å². The molecular weight excluding hydrogens is 174 g/mol. The van der Waals surface area contributed by atoms with Gasteiger partial charge in [0.15, 0.2) is 0 Å². The van der Waals surface area contributed by atoms with Crippen LogP contribution in [0.5, 0.6) is 0 Å². The molecule has 1 heterocycles. The van der Waals surface area contributed by atoms with Crippen molar-refractivity contribution in [2.24, 2.45) is 11.8 Å². The summed E-state index contributed by atoms with van der Waals surface area (Å²) in [6.07, 6.45) is 8.71. The monoisotopic (exact) mass is 197 g/mol. The molecule has 2 nitrogen and oxygen atoms in total. The molecule has 0 aromatic carbocycles. The average Bonchev–Trinajstić information content (AvgIpc) is 2.68. The van der Waals surface area contributed by atoms with Gasteiger partial charge in [-0.3, -0.25) is 0 Å². The molecule has 2 rings (SSSR count). The molecule has 82 valence electrons. The predicted molar refractivity (Wildman–Crippen MR) is 58.3 cm³/mol. The third kappa shape index (κ3) is 2.48. The van der Waals surface area contributed by atoms with E-state index < -0.39 is 0 Å². The second-order valence-corrected chi connectivity index (χ2v) is 4.95. The van der Waals surface area contributed by atoms with Gasteiger partial charge in [0, 0.05) is 13.2 Å².